The first-order valence-corrected chi connectivity index (χ1v) is 14.3. The second kappa shape index (κ2) is 11.7. The van der Waals surface area contributed by atoms with Gasteiger partial charge in [-0.25, -0.2) is 0 Å². The number of benzene rings is 3. The molecule has 0 spiro atoms. The fourth-order valence-electron chi connectivity index (χ4n) is 5.86. The van der Waals surface area contributed by atoms with Crippen molar-refractivity contribution in [2.45, 2.75) is 63.3 Å². The summed E-state index contributed by atoms with van der Waals surface area (Å²) in [5.74, 6) is 0.988. The molecule has 0 amide bonds. The number of fused-ring (bicyclic) bond motifs is 1. The van der Waals surface area contributed by atoms with Crippen LogP contribution in [-0.2, 0) is 16.0 Å². The predicted octanol–water partition coefficient (Wildman–Crippen LogP) is 6.52. The lowest BCUT2D eigenvalue weighted by Crippen LogP contribution is -2.35. The second-order valence-electron chi connectivity index (χ2n) is 11.1. The lowest BCUT2D eigenvalue weighted by molar-refractivity contribution is -0.134. The second-order valence-corrected chi connectivity index (χ2v) is 11.1. The van der Waals surface area contributed by atoms with Gasteiger partial charge in [0.05, 0.1) is 17.3 Å². The molecule has 0 bridgehead atoms. The molecular formula is C33H37N3O3. The van der Waals surface area contributed by atoms with Gasteiger partial charge in [0.25, 0.3) is 0 Å². The van der Waals surface area contributed by atoms with Crippen molar-refractivity contribution in [1.29, 1.82) is 0 Å². The zero-order valence-corrected chi connectivity index (χ0v) is 22.6. The van der Waals surface area contributed by atoms with Gasteiger partial charge in [-0.15, -0.1) is 0 Å². The monoisotopic (exact) mass is 523 g/mol. The number of rotatable bonds is 9. The van der Waals surface area contributed by atoms with E-state index in [2.05, 4.69) is 40.3 Å². The van der Waals surface area contributed by atoms with Gasteiger partial charge in [0, 0.05) is 30.5 Å². The van der Waals surface area contributed by atoms with Gasteiger partial charge in [0.2, 0.25) is 0 Å². The fourth-order valence-corrected chi connectivity index (χ4v) is 5.86. The minimum absolute atomic E-state index is 0.0907. The predicted molar refractivity (Wildman–Crippen MR) is 154 cm³/mol. The highest BCUT2D eigenvalue weighted by Crippen LogP contribution is 2.32. The summed E-state index contributed by atoms with van der Waals surface area (Å²) >= 11 is 0. The number of carbonyl (C=O) groups is 1. The van der Waals surface area contributed by atoms with Crippen LogP contribution in [0.1, 0.15) is 55.8 Å². The van der Waals surface area contributed by atoms with Crippen molar-refractivity contribution in [3.8, 4) is 17.0 Å². The van der Waals surface area contributed by atoms with Crippen LogP contribution in [0.3, 0.4) is 0 Å². The molecule has 1 aromatic heterocycles. The topological polar surface area (TPSA) is 67.5 Å². The van der Waals surface area contributed by atoms with E-state index >= 15 is 0 Å². The lowest BCUT2D eigenvalue weighted by atomic mass is 9.98. The van der Waals surface area contributed by atoms with E-state index in [1.807, 2.05) is 54.6 Å². The van der Waals surface area contributed by atoms with Gasteiger partial charge in [-0.1, -0.05) is 49.2 Å². The van der Waals surface area contributed by atoms with Crippen molar-refractivity contribution < 1.29 is 14.3 Å². The van der Waals surface area contributed by atoms with Gasteiger partial charge < -0.3 is 14.4 Å². The molecule has 1 aliphatic heterocycles. The Morgan fingerprint density at radius 1 is 0.949 bits per heavy atom. The van der Waals surface area contributed by atoms with Gasteiger partial charge in [0.15, 0.2) is 5.78 Å². The minimum atomic E-state index is -0.536. The van der Waals surface area contributed by atoms with Crippen LogP contribution in [0.5, 0.6) is 5.75 Å². The first-order valence-electron chi connectivity index (χ1n) is 14.3. The molecule has 1 N–H and O–H groups in total. The number of ketones is 1. The average Bonchev–Trinajstić information content (AvgIpc) is 3.64. The van der Waals surface area contributed by atoms with Crippen molar-refractivity contribution in [3.63, 3.8) is 0 Å². The van der Waals surface area contributed by atoms with E-state index in [1.165, 1.54) is 12.8 Å². The van der Waals surface area contributed by atoms with Crippen molar-refractivity contribution in [3.05, 3.63) is 83.9 Å². The van der Waals surface area contributed by atoms with Gasteiger partial charge in [-0.05, 0) is 80.3 Å². The maximum absolute atomic E-state index is 13.6. The van der Waals surface area contributed by atoms with Crippen molar-refractivity contribution in [2.24, 2.45) is 0 Å². The Morgan fingerprint density at radius 3 is 2.44 bits per heavy atom. The minimum Gasteiger partial charge on any atom is -0.490 e. The van der Waals surface area contributed by atoms with Gasteiger partial charge in [-0.3, -0.25) is 9.89 Å². The number of H-pyrrole nitrogens is 1. The molecule has 39 heavy (non-hydrogen) atoms. The van der Waals surface area contributed by atoms with Crippen LogP contribution in [0.15, 0.2) is 72.8 Å². The van der Waals surface area contributed by atoms with E-state index in [4.69, 9.17) is 9.47 Å². The fraction of sp³-hybridized carbons (Fsp3) is 0.394. The molecule has 4 aromatic rings. The van der Waals surface area contributed by atoms with E-state index in [0.717, 1.165) is 77.8 Å². The molecule has 1 atom stereocenters. The number of aromatic amines is 1. The summed E-state index contributed by atoms with van der Waals surface area (Å²) in [5.41, 5.74) is 4.75. The number of nitrogens with zero attached hydrogens (tertiary/aromatic N) is 2. The largest absolute Gasteiger partial charge is 0.490 e. The summed E-state index contributed by atoms with van der Waals surface area (Å²) in [7, 11) is 2.16. The molecule has 2 fully saturated rings. The van der Waals surface area contributed by atoms with Crippen LogP contribution in [0.25, 0.3) is 22.2 Å². The van der Waals surface area contributed by atoms with E-state index in [1.54, 1.807) is 0 Å². The lowest BCUT2D eigenvalue weighted by Gasteiger charge is -2.29. The first kappa shape index (κ1) is 25.8. The summed E-state index contributed by atoms with van der Waals surface area (Å²) in [6.07, 6.45) is 6.73. The number of piperidine rings is 1. The maximum Gasteiger partial charge on any atom is 0.170 e. The molecular weight excluding hydrogens is 486 g/mol. The molecule has 1 aliphatic carbocycles. The number of hydrogen-bond acceptors (Lipinski definition) is 5. The third kappa shape index (κ3) is 6.07. The molecule has 0 radical (unpaired) electrons. The third-order valence-corrected chi connectivity index (χ3v) is 8.13. The quantitative estimate of drug-likeness (QED) is 0.271. The normalized spacial score (nSPS) is 18.0. The molecule has 2 heterocycles. The zero-order chi connectivity index (χ0) is 26.6. The molecule has 1 unspecified atom stereocenters. The molecule has 6 heteroatoms. The smallest absolute Gasteiger partial charge is 0.170 e. The highest BCUT2D eigenvalue weighted by molar-refractivity contribution is 5.94. The summed E-state index contributed by atoms with van der Waals surface area (Å²) in [4.78, 5) is 15.9. The number of aromatic nitrogens is 2. The summed E-state index contributed by atoms with van der Waals surface area (Å²) in [6, 6.07) is 24.2. The van der Waals surface area contributed by atoms with Crippen LogP contribution >= 0.6 is 0 Å². The molecule has 3 aromatic carbocycles. The number of ether oxygens (including phenoxy) is 2. The van der Waals surface area contributed by atoms with Crippen molar-refractivity contribution >= 4 is 16.7 Å². The molecule has 202 valence electrons. The van der Waals surface area contributed by atoms with Crippen LogP contribution in [0.2, 0.25) is 0 Å². The first-order chi connectivity index (χ1) is 19.1. The van der Waals surface area contributed by atoms with E-state index in [9.17, 15) is 4.79 Å². The van der Waals surface area contributed by atoms with Crippen LogP contribution in [0, 0.1) is 0 Å². The summed E-state index contributed by atoms with van der Waals surface area (Å²) in [6.45, 7) is 2.15. The van der Waals surface area contributed by atoms with Crippen LogP contribution in [0.4, 0.5) is 0 Å². The Hall–Kier alpha value is -3.48. The van der Waals surface area contributed by atoms with Gasteiger partial charge >= 0.3 is 0 Å². The average molecular weight is 524 g/mol. The van der Waals surface area contributed by atoms with Gasteiger partial charge in [-0.2, -0.15) is 5.10 Å². The van der Waals surface area contributed by atoms with Gasteiger partial charge in [0.1, 0.15) is 18.0 Å². The van der Waals surface area contributed by atoms with E-state index < -0.39 is 6.10 Å². The summed E-state index contributed by atoms with van der Waals surface area (Å²) < 4.78 is 12.6. The number of hydrogen-bond donors (Lipinski definition) is 1. The van der Waals surface area contributed by atoms with E-state index in [-0.39, 0.29) is 18.0 Å². The Kier molecular flexibility index (Phi) is 7.75. The van der Waals surface area contributed by atoms with Crippen LogP contribution in [-0.4, -0.2) is 53.2 Å². The Morgan fingerprint density at radius 2 is 1.69 bits per heavy atom. The van der Waals surface area contributed by atoms with Crippen molar-refractivity contribution in [2.75, 3.05) is 20.1 Å². The number of Topliss-reactive ketones (excluding diaryl/α,β-unsaturated/α-hetero) is 1. The Balaban J connectivity index is 1.19. The van der Waals surface area contributed by atoms with Crippen molar-refractivity contribution in [1.82, 2.24) is 15.1 Å². The standard InChI is InChI=1S/C33H37N3O3/c1-36-19-17-28(18-20-36)38-27-14-12-24(13-15-27)32-29-21-23(11-16-30(29)34-35-32)22-31(37)33(25-7-3-2-4-8-25)39-26-9-5-6-10-26/h2-4,7-8,11-16,21,26,28,33H,5-6,9-10,17-20,22H2,1H3,(H,34,35). The SMILES string of the molecule is CN1CCC(Oc2ccc(-c3n[nH]c4ccc(CC(=O)C(OC5CCCC5)c5ccccc5)cc34)cc2)CC1. The number of likely N-dealkylation sites (tertiary alicyclic amines) is 1. The Bertz CT molecular complexity index is 1390. The maximum atomic E-state index is 13.6. The molecule has 1 saturated carbocycles. The zero-order valence-electron chi connectivity index (χ0n) is 22.6. The third-order valence-electron chi connectivity index (χ3n) is 8.13. The molecule has 6 rings (SSSR count). The molecule has 2 aliphatic rings. The number of carbonyl (C=O) groups excluding carboxylic acids is 1. The Labute approximate surface area is 230 Å². The summed E-state index contributed by atoms with van der Waals surface area (Å²) in [5, 5.41) is 8.77. The van der Waals surface area contributed by atoms with Crippen LogP contribution < -0.4 is 4.74 Å². The van der Waals surface area contributed by atoms with E-state index in [0.29, 0.717) is 6.42 Å². The highest BCUT2D eigenvalue weighted by atomic mass is 16.5. The number of nitrogens with one attached hydrogen (secondary N) is 1. The molecule has 6 nitrogen and oxygen atoms in total. The molecule has 1 saturated heterocycles. The highest BCUT2D eigenvalue weighted by Gasteiger charge is 2.27.